The highest BCUT2D eigenvalue weighted by molar-refractivity contribution is 6.31. The summed E-state index contributed by atoms with van der Waals surface area (Å²) in [6.45, 7) is 2.02. The van der Waals surface area contributed by atoms with Crippen molar-refractivity contribution in [1.82, 2.24) is 0 Å². The Morgan fingerprint density at radius 1 is 1.15 bits per heavy atom. The minimum Gasteiger partial charge on any atom is -0.388 e. The number of aliphatic hydroxyl groups is 1. The number of hydrogen-bond acceptors (Lipinski definition) is 1. The molecule has 0 heterocycles. The summed E-state index contributed by atoms with van der Waals surface area (Å²) in [6, 6.07) is 14.4. The largest absolute Gasteiger partial charge is 0.388 e. The highest BCUT2D eigenvalue weighted by Crippen LogP contribution is 2.40. The van der Waals surface area contributed by atoms with Gasteiger partial charge in [-0.25, -0.2) is 0 Å². The molecule has 2 heteroatoms. The number of hydrogen-bond donors (Lipinski definition) is 1. The van der Waals surface area contributed by atoms with Gasteiger partial charge in [0.25, 0.3) is 0 Å². The molecule has 20 heavy (non-hydrogen) atoms. The Hall–Kier alpha value is -1.31. The predicted molar refractivity (Wildman–Crippen MR) is 83.3 cm³/mol. The molecule has 1 nitrogen and oxygen atoms in total. The van der Waals surface area contributed by atoms with Crippen molar-refractivity contribution in [3.8, 4) is 0 Å². The van der Waals surface area contributed by atoms with E-state index in [9.17, 15) is 5.11 Å². The van der Waals surface area contributed by atoms with Gasteiger partial charge in [-0.15, -0.1) is 0 Å². The average Bonchev–Trinajstić information content (AvgIpc) is 3.26. The second-order valence-electron chi connectivity index (χ2n) is 5.76. The lowest BCUT2D eigenvalue weighted by atomic mass is 9.99. The second-order valence-corrected chi connectivity index (χ2v) is 6.16. The van der Waals surface area contributed by atoms with Crippen LogP contribution in [0.2, 0.25) is 5.02 Å². The number of aliphatic hydroxyl groups excluding tert-OH is 1. The van der Waals surface area contributed by atoms with E-state index in [0.29, 0.717) is 6.42 Å². The van der Waals surface area contributed by atoms with Crippen molar-refractivity contribution >= 4 is 11.6 Å². The van der Waals surface area contributed by atoms with Crippen molar-refractivity contribution in [3.63, 3.8) is 0 Å². The number of rotatable bonds is 4. The van der Waals surface area contributed by atoms with E-state index in [0.717, 1.165) is 27.6 Å². The molecule has 2 aromatic carbocycles. The summed E-state index contributed by atoms with van der Waals surface area (Å²) in [4.78, 5) is 0. The van der Waals surface area contributed by atoms with Crippen molar-refractivity contribution in [2.45, 2.75) is 38.2 Å². The van der Waals surface area contributed by atoms with Crippen LogP contribution in [0, 0.1) is 6.92 Å². The van der Waals surface area contributed by atoms with Crippen LogP contribution in [0.25, 0.3) is 0 Å². The highest BCUT2D eigenvalue weighted by Gasteiger charge is 2.23. The lowest BCUT2D eigenvalue weighted by Gasteiger charge is -2.13. The number of aryl methyl sites for hydroxylation is 1. The fourth-order valence-corrected chi connectivity index (χ4v) is 2.86. The van der Waals surface area contributed by atoms with Gasteiger partial charge >= 0.3 is 0 Å². The van der Waals surface area contributed by atoms with Crippen LogP contribution in [0.1, 0.15) is 47.1 Å². The fourth-order valence-electron chi connectivity index (χ4n) is 2.55. The normalized spacial score (nSPS) is 16.1. The lowest BCUT2D eigenvalue weighted by Crippen LogP contribution is -2.02. The SMILES string of the molecule is Cc1ccc(CC(O)c2ccc(C3CC3)cc2)c(Cl)c1. The maximum absolute atomic E-state index is 10.4. The van der Waals surface area contributed by atoms with E-state index in [1.165, 1.54) is 18.4 Å². The first-order valence-corrected chi connectivity index (χ1v) is 7.54. The van der Waals surface area contributed by atoms with Crippen LogP contribution in [0.3, 0.4) is 0 Å². The van der Waals surface area contributed by atoms with E-state index in [2.05, 4.69) is 12.1 Å². The Morgan fingerprint density at radius 2 is 1.85 bits per heavy atom. The average molecular weight is 287 g/mol. The third-order valence-electron chi connectivity index (χ3n) is 3.99. The summed E-state index contributed by atoms with van der Waals surface area (Å²) in [6.07, 6.45) is 2.67. The molecule has 3 rings (SSSR count). The van der Waals surface area contributed by atoms with E-state index < -0.39 is 6.10 Å². The maximum Gasteiger partial charge on any atom is 0.0830 e. The maximum atomic E-state index is 10.4. The molecule has 1 N–H and O–H groups in total. The molecule has 0 spiro atoms. The van der Waals surface area contributed by atoms with Gasteiger partial charge in [0.1, 0.15) is 0 Å². The molecule has 2 aromatic rings. The zero-order chi connectivity index (χ0) is 14.1. The van der Waals surface area contributed by atoms with Crippen LogP contribution in [0.15, 0.2) is 42.5 Å². The van der Waals surface area contributed by atoms with E-state index >= 15 is 0 Å². The molecule has 0 saturated heterocycles. The minimum absolute atomic E-state index is 0.497. The second kappa shape index (κ2) is 5.59. The monoisotopic (exact) mass is 286 g/mol. The van der Waals surface area contributed by atoms with Crippen LogP contribution in [0.5, 0.6) is 0 Å². The topological polar surface area (TPSA) is 20.2 Å². The standard InChI is InChI=1S/C18H19ClO/c1-12-2-3-16(17(19)10-12)11-18(20)15-8-6-14(7-9-15)13-4-5-13/h2-3,6-10,13,18,20H,4-5,11H2,1H3. The quantitative estimate of drug-likeness (QED) is 0.856. The molecular weight excluding hydrogens is 268 g/mol. The van der Waals surface area contributed by atoms with Gasteiger partial charge in [0.05, 0.1) is 6.10 Å². The fraction of sp³-hybridized carbons (Fsp3) is 0.333. The molecule has 104 valence electrons. The molecule has 0 amide bonds. The lowest BCUT2D eigenvalue weighted by molar-refractivity contribution is 0.178. The molecular formula is C18H19ClO. The van der Waals surface area contributed by atoms with Crippen LogP contribution < -0.4 is 0 Å². The highest BCUT2D eigenvalue weighted by atomic mass is 35.5. The molecule has 0 bridgehead atoms. The number of halogens is 1. The van der Waals surface area contributed by atoms with E-state index in [4.69, 9.17) is 11.6 Å². The predicted octanol–water partition coefficient (Wildman–Crippen LogP) is 4.80. The van der Waals surface area contributed by atoms with Gasteiger partial charge in [-0.2, -0.15) is 0 Å². The summed E-state index contributed by atoms with van der Waals surface area (Å²) >= 11 is 6.22. The first kappa shape index (κ1) is 13.7. The summed E-state index contributed by atoms with van der Waals surface area (Å²) in [5.41, 5.74) is 4.50. The molecule has 1 atom stereocenters. The molecule has 1 fully saturated rings. The van der Waals surface area contributed by atoms with Gasteiger partial charge in [0, 0.05) is 11.4 Å². The van der Waals surface area contributed by atoms with Crippen LogP contribution in [-0.2, 0) is 6.42 Å². The summed E-state index contributed by atoms with van der Waals surface area (Å²) in [5.74, 6) is 0.757. The molecule has 0 aromatic heterocycles. The summed E-state index contributed by atoms with van der Waals surface area (Å²) < 4.78 is 0. The molecule has 1 aliphatic carbocycles. The van der Waals surface area contributed by atoms with Crippen molar-refractivity contribution in [2.75, 3.05) is 0 Å². The summed E-state index contributed by atoms with van der Waals surface area (Å²) in [7, 11) is 0. The Labute approximate surface area is 125 Å². The van der Waals surface area contributed by atoms with Crippen molar-refractivity contribution < 1.29 is 5.11 Å². The molecule has 1 saturated carbocycles. The van der Waals surface area contributed by atoms with Gasteiger partial charge in [0.15, 0.2) is 0 Å². The van der Waals surface area contributed by atoms with Gasteiger partial charge < -0.3 is 5.11 Å². The minimum atomic E-state index is -0.497. The zero-order valence-electron chi connectivity index (χ0n) is 11.6. The van der Waals surface area contributed by atoms with Gasteiger partial charge in [-0.1, -0.05) is 48.0 Å². The molecule has 0 radical (unpaired) electrons. The zero-order valence-corrected chi connectivity index (χ0v) is 12.4. The van der Waals surface area contributed by atoms with Crippen molar-refractivity contribution in [3.05, 3.63) is 69.7 Å². The Kier molecular flexibility index (Phi) is 3.82. The Balaban J connectivity index is 1.73. The smallest absolute Gasteiger partial charge is 0.0830 e. The van der Waals surface area contributed by atoms with Gasteiger partial charge in [0.2, 0.25) is 0 Å². The van der Waals surface area contributed by atoms with Gasteiger partial charge in [-0.05, 0) is 54.0 Å². The van der Waals surface area contributed by atoms with Crippen LogP contribution >= 0.6 is 11.6 Å². The first-order chi connectivity index (χ1) is 9.63. The van der Waals surface area contributed by atoms with Crippen LogP contribution in [0.4, 0.5) is 0 Å². The molecule has 0 aliphatic heterocycles. The summed E-state index contributed by atoms with van der Waals surface area (Å²) in [5, 5.41) is 11.1. The number of benzene rings is 2. The van der Waals surface area contributed by atoms with Crippen molar-refractivity contribution in [1.29, 1.82) is 0 Å². The first-order valence-electron chi connectivity index (χ1n) is 7.16. The molecule has 1 aliphatic rings. The Bertz CT molecular complexity index is 599. The van der Waals surface area contributed by atoms with Gasteiger partial charge in [-0.3, -0.25) is 0 Å². The van der Waals surface area contributed by atoms with E-state index in [-0.39, 0.29) is 0 Å². The van der Waals surface area contributed by atoms with Crippen LogP contribution in [-0.4, -0.2) is 5.11 Å². The Morgan fingerprint density at radius 3 is 2.45 bits per heavy atom. The van der Waals surface area contributed by atoms with E-state index in [1.54, 1.807) is 0 Å². The molecule has 1 unspecified atom stereocenters. The van der Waals surface area contributed by atoms with Crippen molar-refractivity contribution in [2.24, 2.45) is 0 Å². The van der Waals surface area contributed by atoms with E-state index in [1.807, 2.05) is 37.3 Å². The third-order valence-corrected chi connectivity index (χ3v) is 4.34. The third kappa shape index (κ3) is 3.05.